The van der Waals surface area contributed by atoms with Crippen LogP contribution in [-0.4, -0.2) is 45.3 Å². The van der Waals surface area contributed by atoms with Crippen LogP contribution in [0.5, 0.6) is 11.5 Å². The highest BCUT2D eigenvalue weighted by Gasteiger charge is 2.31. The number of pyridine rings is 1. The minimum absolute atomic E-state index is 0.109. The summed E-state index contributed by atoms with van der Waals surface area (Å²) in [4.78, 5) is 4.24. The summed E-state index contributed by atoms with van der Waals surface area (Å²) in [5.74, 6) is 1.04. The highest BCUT2D eigenvalue weighted by atomic mass is 35.5. The SMILES string of the molecule is O=S(=O)(NC1CCN(S(=O)(=O)c2ccc(Cl)cc2)CC1)c1ccc(Oc2cccnc2)cc1. The Bertz CT molecular complexity index is 1290. The second-order valence-corrected chi connectivity index (χ2v) is 11.6. The van der Waals surface area contributed by atoms with E-state index in [0.29, 0.717) is 29.4 Å². The van der Waals surface area contributed by atoms with Crippen molar-refractivity contribution in [3.05, 3.63) is 78.1 Å². The maximum Gasteiger partial charge on any atom is 0.243 e. The third-order valence-corrected chi connectivity index (χ3v) is 8.93. The minimum Gasteiger partial charge on any atom is -0.456 e. The van der Waals surface area contributed by atoms with Crippen LogP contribution in [0.3, 0.4) is 0 Å². The zero-order valence-corrected chi connectivity index (χ0v) is 19.9. The number of benzene rings is 2. The predicted octanol–water partition coefficient (Wildman–Crippen LogP) is 3.66. The molecule has 1 fully saturated rings. The van der Waals surface area contributed by atoms with Crippen molar-refractivity contribution in [1.82, 2.24) is 14.0 Å². The Kier molecular flexibility index (Phi) is 7.01. The maximum absolute atomic E-state index is 12.8. The van der Waals surface area contributed by atoms with E-state index in [1.807, 2.05) is 0 Å². The van der Waals surface area contributed by atoms with E-state index in [1.165, 1.54) is 40.7 Å². The number of sulfonamides is 2. The summed E-state index contributed by atoms with van der Waals surface area (Å²) < 4.78 is 60.9. The molecule has 0 atom stereocenters. The van der Waals surface area contributed by atoms with Crippen molar-refractivity contribution in [2.45, 2.75) is 28.7 Å². The van der Waals surface area contributed by atoms with Gasteiger partial charge in [0.1, 0.15) is 11.5 Å². The second-order valence-electron chi connectivity index (χ2n) is 7.52. The number of piperidine rings is 1. The molecule has 2 aromatic carbocycles. The van der Waals surface area contributed by atoms with E-state index >= 15 is 0 Å². The van der Waals surface area contributed by atoms with Crippen LogP contribution in [0.25, 0.3) is 0 Å². The predicted molar refractivity (Wildman–Crippen MR) is 124 cm³/mol. The van der Waals surface area contributed by atoms with Crippen molar-refractivity contribution in [2.24, 2.45) is 0 Å². The molecule has 1 aromatic heterocycles. The van der Waals surface area contributed by atoms with Gasteiger partial charge in [-0.05, 0) is 73.5 Å². The topological polar surface area (TPSA) is 106 Å². The molecule has 4 rings (SSSR count). The lowest BCUT2D eigenvalue weighted by Crippen LogP contribution is -2.46. The molecule has 0 radical (unpaired) electrons. The van der Waals surface area contributed by atoms with Crippen LogP contribution in [0.1, 0.15) is 12.8 Å². The summed E-state index contributed by atoms with van der Waals surface area (Å²) in [5.41, 5.74) is 0. The number of hydrogen-bond donors (Lipinski definition) is 1. The van der Waals surface area contributed by atoms with Crippen LogP contribution in [0, 0.1) is 0 Å². The van der Waals surface area contributed by atoms with Crippen LogP contribution in [-0.2, 0) is 20.0 Å². The number of halogens is 1. The van der Waals surface area contributed by atoms with Crippen molar-refractivity contribution in [2.75, 3.05) is 13.1 Å². The van der Waals surface area contributed by atoms with Gasteiger partial charge in [-0.2, -0.15) is 4.31 Å². The van der Waals surface area contributed by atoms with Crippen molar-refractivity contribution in [3.63, 3.8) is 0 Å². The summed E-state index contributed by atoms with van der Waals surface area (Å²) in [6.45, 7) is 0.437. The summed E-state index contributed by atoms with van der Waals surface area (Å²) in [5, 5.41) is 0.457. The van der Waals surface area contributed by atoms with Gasteiger partial charge in [-0.1, -0.05) is 11.6 Å². The van der Waals surface area contributed by atoms with E-state index in [2.05, 4.69) is 9.71 Å². The molecule has 0 bridgehead atoms. The van der Waals surface area contributed by atoms with Gasteiger partial charge < -0.3 is 4.74 Å². The number of nitrogens with zero attached hydrogens (tertiary/aromatic N) is 2. The molecule has 0 spiro atoms. The largest absolute Gasteiger partial charge is 0.456 e. The van der Waals surface area contributed by atoms with Gasteiger partial charge in [0.05, 0.1) is 16.0 Å². The molecule has 0 saturated carbocycles. The standard InChI is InChI=1S/C22H22ClN3O5S2/c23-17-3-7-22(8-4-17)33(29,30)26-14-11-18(12-15-26)25-32(27,28)21-9-5-19(6-10-21)31-20-2-1-13-24-16-20/h1-10,13,16,18,25H,11-12,14-15H2. The van der Waals surface area contributed by atoms with Crippen LogP contribution in [0.4, 0.5) is 0 Å². The van der Waals surface area contributed by atoms with Gasteiger partial charge in [0.15, 0.2) is 0 Å². The van der Waals surface area contributed by atoms with Crippen molar-refractivity contribution in [3.8, 4) is 11.5 Å². The van der Waals surface area contributed by atoms with E-state index in [1.54, 1.807) is 36.7 Å². The van der Waals surface area contributed by atoms with Crippen LogP contribution < -0.4 is 9.46 Å². The van der Waals surface area contributed by atoms with Crippen LogP contribution in [0.2, 0.25) is 5.02 Å². The Hall–Kier alpha value is -2.50. The Morgan fingerprint density at radius 1 is 0.879 bits per heavy atom. The third-order valence-electron chi connectivity index (χ3n) is 5.23. The lowest BCUT2D eigenvalue weighted by Gasteiger charge is -2.31. The zero-order valence-electron chi connectivity index (χ0n) is 17.5. The fourth-order valence-corrected chi connectivity index (χ4v) is 6.39. The molecule has 0 aliphatic carbocycles. The lowest BCUT2D eigenvalue weighted by molar-refractivity contribution is 0.308. The number of hydrogen-bond acceptors (Lipinski definition) is 6. The van der Waals surface area contributed by atoms with Crippen molar-refractivity contribution in [1.29, 1.82) is 0 Å². The monoisotopic (exact) mass is 507 g/mol. The second kappa shape index (κ2) is 9.78. The van der Waals surface area contributed by atoms with Crippen molar-refractivity contribution >= 4 is 31.6 Å². The first-order valence-corrected chi connectivity index (χ1v) is 13.5. The highest BCUT2D eigenvalue weighted by molar-refractivity contribution is 7.89. The van der Waals surface area contributed by atoms with Gasteiger partial charge in [-0.3, -0.25) is 4.98 Å². The highest BCUT2D eigenvalue weighted by Crippen LogP contribution is 2.25. The molecule has 3 aromatic rings. The summed E-state index contributed by atoms with van der Waals surface area (Å²) >= 11 is 5.84. The van der Waals surface area contributed by atoms with Gasteiger partial charge >= 0.3 is 0 Å². The van der Waals surface area contributed by atoms with Crippen molar-refractivity contribution < 1.29 is 21.6 Å². The summed E-state index contributed by atoms with van der Waals surface area (Å²) in [7, 11) is -7.41. The molecule has 11 heteroatoms. The molecule has 174 valence electrons. The number of ether oxygens (including phenoxy) is 1. The first kappa shape index (κ1) is 23.7. The minimum atomic E-state index is -3.76. The fourth-order valence-electron chi connectivity index (χ4n) is 3.49. The van der Waals surface area contributed by atoms with Gasteiger partial charge in [0.2, 0.25) is 20.0 Å². The average molecular weight is 508 g/mol. The molecule has 8 nitrogen and oxygen atoms in total. The average Bonchev–Trinajstić information content (AvgIpc) is 2.80. The van der Waals surface area contributed by atoms with Crippen LogP contribution in [0.15, 0.2) is 82.8 Å². The Labute approximate surface area is 198 Å². The molecular weight excluding hydrogens is 486 g/mol. The zero-order chi connectivity index (χ0) is 23.5. The van der Waals surface area contributed by atoms with Crippen LogP contribution >= 0.6 is 11.6 Å². The summed E-state index contributed by atoms with van der Waals surface area (Å²) in [6.07, 6.45) is 3.93. The Morgan fingerprint density at radius 2 is 1.52 bits per heavy atom. The molecule has 1 aliphatic heterocycles. The van der Waals surface area contributed by atoms with Gasteiger partial charge in [0, 0.05) is 30.4 Å². The third kappa shape index (κ3) is 5.71. The van der Waals surface area contributed by atoms with Gasteiger partial charge in [0.25, 0.3) is 0 Å². The number of rotatable bonds is 7. The van der Waals surface area contributed by atoms with E-state index < -0.39 is 20.0 Å². The molecular formula is C22H22ClN3O5S2. The van der Waals surface area contributed by atoms with E-state index in [0.717, 1.165) is 0 Å². The molecule has 1 aliphatic rings. The quantitative estimate of drug-likeness (QED) is 0.523. The molecule has 0 amide bonds. The normalized spacial score (nSPS) is 15.9. The lowest BCUT2D eigenvalue weighted by atomic mass is 10.1. The summed E-state index contributed by atoms with van der Waals surface area (Å²) in [6, 6.07) is 15.2. The number of aromatic nitrogens is 1. The fraction of sp³-hybridized carbons (Fsp3) is 0.227. The Balaban J connectivity index is 1.36. The van der Waals surface area contributed by atoms with E-state index in [4.69, 9.17) is 16.3 Å². The molecule has 1 saturated heterocycles. The molecule has 1 N–H and O–H groups in total. The maximum atomic E-state index is 12.8. The first-order chi connectivity index (χ1) is 15.7. The molecule has 0 unspecified atom stereocenters. The van der Waals surface area contributed by atoms with E-state index in [-0.39, 0.29) is 28.9 Å². The first-order valence-electron chi connectivity index (χ1n) is 10.2. The smallest absolute Gasteiger partial charge is 0.243 e. The van der Waals surface area contributed by atoms with E-state index in [9.17, 15) is 16.8 Å². The van der Waals surface area contributed by atoms with Gasteiger partial charge in [-0.25, -0.2) is 21.6 Å². The molecule has 2 heterocycles. The number of nitrogens with one attached hydrogen (secondary N) is 1. The Morgan fingerprint density at radius 3 is 2.12 bits per heavy atom. The molecule has 33 heavy (non-hydrogen) atoms. The van der Waals surface area contributed by atoms with Gasteiger partial charge in [-0.15, -0.1) is 0 Å².